The van der Waals surface area contributed by atoms with Crippen LogP contribution in [-0.2, 0) is 19.5 Å². The normalized spacial score (nSPS) is 8.45. The standard InChI is InChI=1S/C6H3INO2.Zn/c7-5-2-1-3-6(4-5)8(9)10;/h1-2,4H;/q-1;. The largest absolute Gasteiger partial charge is 0.260 e. The van der Waals surface area contributed by atoms with Crippen molar-refractivity contribution in [1.29, 1.82) is 0 Å². The topological polar surface area (TPSA) is 43.1 Å². The fraction of sp³-hybridized carbons (Fsp3) is 0. The average molecular weight is 313 g/mol. The molecule has 0 heterocycles. The first-order chi connectivity index (χ1) is 4.70. The minimum absolute atomic E-state index is 0. The molecule has 0 fully saturated rings. The van der Waals surface area contributed by atoms with Gasteiger partial charge in [-0.1, -0.05) is 32.2 Å². The van der Waals surface area contributed by atoms with Gasteiger partial charge in [0.25, 0.3) is 0 Å². The van der Waals surface area contributed by atoms with Crippen molar-refractivity contribution in [1.82, 2.24) is 0 Å². The zero-order valence-corrected chi connectivity index (χ0v) is 10.7. The first-order valence-electron chi connectivity index (χ1n) is 2.52. The third kappa shape index (κ3) is 3.25. The molecule has 0 aromatic heterocycles. The van der Waals surface area contributed by atoms with Crippen LogP contribution < -0.4 is 0 Å². The van der Waals surface area contributed by atoms with Gasteiger partial charge in [0.1, 0.15) is 0 Å². The van der Waals surface area contributed by atoms with E-state index in [-0.39, 0.29) is 25.2 Å². The van der Waals surface area contributed by atoms with E-state index in [9.17, 15) is 10.1 Å². The van der Waals surface area contributed by atoms with Crippen LogP contribution in [0, 0.1) is 19.8 Å². The first kappa shape index (κ1) is 11.0. The Labute approximate surface area is 90.2 Å². The molecule has 1 aromatic carbocycles. The van der Waals surface area contributed by atoms with E-state index in [2.05, 4.69) is 6.07 Å². The third-order valence-corrected chi connectivity index (χ3v) is 1.62. The van der Waals surface area contributed by atoms with Crippen LogP contribution in [0.2, 0.25) is 0 Å². The summed E-state index contributed by atoms with van der Waals surface area (Å²) in [7, 11) is 0. The van der Waals surface area contributed by atoms with Gasteiger partial charge in [0.05, 0.1) is 0 Å². The van der Waals surface area contributed by atoms with Crippen molar-refractivity contribution < 1.29 is 24.4 Å². The molecule has 5 heteroatoms. The van der Waals surface area contributed by atoms with Gasteiger partial charge in [0, 0.05) is 24.4 Å². The monoisotopic (exact) mass is 312 g/mol. The molecular formula is C6H3INO2Zn-. The fourth-order valence-corrected chi connectivity index (χ4v) is 1.01. The molecule has 54 valence electrons. The molecule has 0 aliphatic carbocycles. The van der Waals surface area contributed by atoms with E-state index in [4.69, 9.17) is 0 Å². The van der Waals surface area contributed by atoms with Crippen molar-refractivity contribution in [3.63, 3.8) is 0 Å². The molecule has 3 nitrogen and oxygen atoms in total. The number of nitrogens with zero attached hydrogens (tertiary/aromatic N) is 1. The number of benzene rings is 1. The number of hydrogen-bond acceptors (Lipinski definition) is 2. The number of nitro groups is 1. The van der Waals surface area contributed by atoms with Crippen LogP contribution in [-0.4, -0.2) is 4.92 Å². The van der Waals surface area contributed by atoms with Crippen LogP contribution in [0.3, 0.4) is 0 Å². The second-order valence-electron chi connectivity index (χ2n) is 1.65. The fourth-order valence-electron chi connectivity index (χ4n) is 0.532. The zero-order chi connectivity index (χ0) is 7.56. The molecule has 0 spiro atoms. The molecule has 11 heavy (non-hydrogen) atoms. The molecule has 0 saturated heterocycles. The van der Waals surface area contributed by atoms with Gasteiger partial charge in [-0.15, -0.1) is 6.07 Å². The molecule has 0 saturated carbocycles. The molecule has 0 amide bonds. The first-order valence-corrected chi connectivity index (χ1v) is 3.59. The van der Waals surface area contributed by atoms with Gasteiger partial charge in [-0.25, -0.2) is 0 Å². The molecule has 0 atom stereocenters. The van der Waals surface area contributed by atoms with Crippen molar-refractivity contribution >= 4 is 28.3 Å². The quantitative estimate of drug-likeness (QED) is 0.262. The van der Waals surface area contributed by atoms with E-state index in [1.54, 1.807) is 12.1 Å². The maximum Gasteiger partial charge on any atom is 0.163 e. The Morgan fingerprint density at radius 3 is 2.64 bits per heavy atom. The van der Waals surface area contributed by atoms with E-state index in [0.29, 0.717) is 0 Å². The molecule has 0 aliphatic rings. The molecule has 1 aromatic rings. The molecule has 1 rings (SSSR count). The van der Waals surface area contributed by atoms with Crippen LogP contribution in [0.4, 0.5) is 5.69 Å². The molecule has 0 bridgehead atoms. The Balaban J connectivity index is 0.000001000. The van der Waals surface area contributed by atoms with Crippen LogP contribution in [0.15, 0.2) is 18.2 Å². The SMILES string of the molecule is O=[N+]([O-])c1[c-]ccc(I)c1.[Zn]. The summed E-state index contributed by atoms with van der Waals surface area (Å²) in [5, 5.41) is 10.1. The summed E-state index contributed by atoms with van der Waals surface area (Å²) in [4.78, 5) is 9.67. The predicted molar refractivity (Wildman–Crippen MR) is 44.6 cm³/mol. The van der Waals surface area contributed by atoms with E-state index in [1.165, 1.54) is 6.07 Å². The molecule has 0 radical (unpaired) electrons. The minimum Gasteiger partial charge on any atom is -0.260 e. The smallest absolute Gasteiger partial charge is 0.163 e. The van der Waals surface area contributed by atoms with Crippen molar-refractivity contribution in [3.8, 4) is 0 Å². The van der Waals surface area contributed by atoms with Crippen molar-refractivity contribution in [3.05, 3.63) is 37.9 Å². The molecule has 0 N–H and O–H groups in total. The van der Waals surface area contributed by atoms with E-state index in [0.717, 1.165) is 3.57 Å². The number of non-ortho nitro benzene ring substituents is 1. The van der Waals surface area contributed by atoms with E-state index >= 15 is 0 Å². The Kier molecular flexibility index (Phi) is 4.76. The summed E-state index contributed by atoms with van der Waals surface area (Å²) in [5.41, 5.74) is 0.0203. The van der Waals surface area contributed by atoms with E-state index < -0.39 is 4.92 Å². The van der Waals surface area contributed by atoms with Crippen LogP contribution >= 0.6 is 22.6 Å². The number of nitro benzene ring substituents is 1. The summed E-state index contributed by atoms with van der Waals surface area (Å²) in [6.45, 7) is 0. The van der Waals surface area contributed by atoms with Gasteiger partial charge in [0.2, 0.25) is 0 Å². The van der Waals surface area contributed by atoms with Crippen molar-refractivity contribution in [2.45, 2.75) is 0 Å². The van der Waals surface area contributed by atoms with Crippen molar-refractivity contribution in [2.24, 2.45) is 0 Å². The Morgan fingerprint density at radius 2 is 2.27 bits per heavy atom. The van der Waals surface area contributed by atoms with Crippen LogP contribution in [0.5, 0.6) is 0 Å². The van der Waals surface area contributed by atoms with Crippen molar-refractivity contribution in [2.75, 3.05) is 0 Å². The Morgan fingerprint density at radius 1 is 1.64 bits per heavy atom. The maximum absolute atomic E-state index is 10.1. The second kappa shape index (κ2) is 4.77. The molecule has 0 unspecified atom stereocenters. The van der Waals surface area contributed by atoms with E-state index in [1.807, 2.05) is 22.6 Å². The Hall–Kier alpha value is -0.0266. The van der Waals surface area contributed by atoms with Gasteiger partial charge in [-0.2, -0.15) is 12.1 Å². The summed E-state index contributed by atoms with van der Waals surface area (Å²) in [5.74, 6) is 0. The number of halogens is 1. The van der Waals surface area contributed by atoms with Crippen LogP contribution in [0.1, 0.15) is 0 Å². The number of hydrogen-bond donors (Lipinski definition) is 0. The van der Waals surface area contributed by atoms with Gasteiger partial charge >= 0.3 is 0 Å². The third-order valence-electron chi connectivity index (χ3n) is 0.945. The summed E-state index contributed by atoms with van der Waals surface area (Å²) in [6, 6.07) is 7.28. The molecule has 0 aliphatic heterocycles. The zero-order valence-electron chi connectivity index (χ0n) is 5.58. The summed E-state index contributed by atoms with van der Waals surface area (Å²) in [6.07, 6.45) is 0. The average Bonchev–Trinajstić information content (AvgIpc) is 1.88. The summed E-state index contributed by atoms with van der Waals surface area (Å²) >= 11 is 2.01. The minimum atomic E-state index is -0.456. The predicted octanol–water partition coefficient (Wildman–Crippen LogP) is 2.00. The number of rotatable bonds is 1. The second-order valence-corrected chi connectivity index (χ2v) is 2.89. The van der Waals surface area contributed by atoms with Gasteiger partial charge in [-0.3, -0.25) is 10.1 Å². The van der Waals surface area contributed by atoms with Gasteiger partial charge < -0.3 is 0 Å². The van der Waals surface area contributed by atoms with Gasteiger partial charge in [0.15, 0.2) is 5.69 Å². The van der Waals surface area contributed by atoms with Crippen LogP contribution in [0.25, 0.3) is 0 Å². The van der Waals surface area contributed by atoms with Gasteiger partial charge in [-0.05, 0) is 0 Å². The summed E-state index contributed by atoms with van der Waals surface area (Å²) < 4.78 is 0.850. The molecular weight excluding hydrogens is 310 g/mol. The Bertz CT molecular complexity index is 267. The maximum atomic E-state index is 10.1.